The summed E-state index contributed by atoms with van der Waals surface area (Å²) in [5, 5.41) is 20.9. The average molecular weight is 374 g/mol. The molecular weight excluding hydrogens is 358 g/mol. The molecule has 2 heterocycles. The SMILES string of the molecule is COCCn1ncc(NCC(O)c2ccsc2)c(Br)c1=O. The number of aliphatic hydroxyl groups is 1. The van der Waals surface area contributed by atoms with Gasteiger partial charge < -0.3 is 15.2 Å². The lowest BCUT2D eigenvalue weighted by Crippen LogP contribution is -2.26. The molecule has 0 spiro atoms. The number of aromatic nitrogens is 2. The van der Waals surface area contributed by atoms with Crippen LogP contribution in [0.15, 0.2) is 32.3 Å². The number of thiophene rings is 1. The summed E-state index contributed by atoms with van der Waals surface area (Å²) < 4.78 is 6.65. The van der Waals surface area contributed by atoms with Crippen LogP contribution in [0.5, 0.6) is 0 Å². The Kier molecular flexibility index (Phi) is 5.92. The molecule has 1 atom stereocenters. The van der Waals surface area contributed by atoms with Crippen LogP contribution in [0, 0.1) is 0 Å². The summed E-state index contributed by atoms with van der Waals surface area (Å²) in [5.74, 6) is 0. The first-order valence-corrected chi connectivity index (χ1v) is 8.05. The third-order valence-corrected chi connectivity index (χ3v) is 4.37. The van der Waals surface area contributed by atoms with Crippen LogP contribution in [-0.4, -0.2) is 35.1 Å². The molecule has 2 rings (SSSR count). The Balaban J connectivity index is 2.04. The van der Waals surface area contributed by atoms with Gasteiger partial charge in [-0.3, -0.25) is 4.79 Å². The Hall–Kier alpha value is -1.22. The van der Waals surface area contributed by atoms with Gasteiger partial charge in [-0.15, -0.1) is 0 Å². The minimum Gasteiger partial charge on any atom is -0.387 e. The highest BCUT2D eigenvalue weighted by Crippen LogP contribution is 2.20. The van der Waals surface area contributed by atoms with Crippen LogP contribution < -0.4 is 10.9 Å². The smallest absolute Gasteiger partial charge is 0.283 e. The first kappa shape index (κ1) is 16.2. The van der Waals surface area contributed by atoms with Crippen LogP contribution >= 0.6 is 27.3 Å². The number of rotatable bonds is 7. The number of anilines is 1. The third-order valence-electron chi connectivity index (χ3n) is 2.91. The fourth-order valence-corrected chi connectivity index (χ4v) is 2.87. The van der Waals surface area contributed by atoms with Gasteiger partial charge >= 0.3 is 0 Å². The molecule has 21 heavy (non-hydrogen) atoms. The Morgan fingerprint density at radius 3 is 3.10 bits per heavy atom. The van der Waals surface area contributed by atoms with Crippen molar-refractivity contribution in [2.24, 2.45) is 0 Å². The molecule has 0 fully saturated rings. The van der Waals surface area contributed by atoms with Gasteiger partial charge in [0.1, 0.15) is 4.47 Å². The topological polar surface area (TPSA) is 76.4 Å². The van der Waals surface area contributed by atoms with E-state index in [1.165, 1.54) is 16.0 Å². The first-order chi connectivity index (χ1) is 10.1. The predicted octanol–water partition coefficient (Wildman–Crippen LogP) is 1.86. The van der Waals surface area contributed by atoms with E-state index in [0.717, 1.165) is 5.56 Å². The zero-order valence-corrected chi connectivity index (χ0v) is 13.9. The fraction of sp³-hybridized carbons (Fsp3) is 0.385. The highest BCUT2D eigenvalue weighted by molar-refractivity contribution is 9.10. The molecule has 0 amide bonds. The summed E-state index contributed by atoms with van der Waals surface area (Å²) in [4.78, 5) is 12.1. The maximum absolute atomic E-state index is 12.1. The molecule has 0 radical (unpaired) electrons. The van der Waals surface area contributed by atoms with Crippen molar-refractivity contribution < 1.29 is 9.84 Å². The van der Waals surface area contributed by atoms with Crippen molar-refractivity contribution in [2.45, 2.75) is 12.6 Å². The monoisotopic (exact) mass is 373 g/mol. The lowest BCUT2D eigenvalue weighted by Gasteiger charge is -2.13. The van der Waals surface area contributed by atoms with Gasteiger partial charge in [-0.25, -0.2) is 4.68 Å². The maximum Gasteiger partial charge on any atom is 0.283 e. The number of hydrogen-bond donors (Lipinski definition) is 2. The van der Waals surface area contributed by atoms with Crippen LogP contribution in [0.4, 0.5) is 5.69 Å². The van der Waals surface area contributed by atoms with E-state index in [4.69, 9.17) is 4.74 Å². The van der Waals surface area contributed by atoms with Crippen molar-refractivity contribution in [3.63, 3.8) is 0 Å². The Bertz CT molecular complexity index is 630. The first-order valence-electron chi connectivity index (χ1n) is 6.32. The molecule has 0 aliphatic rings. The van der Waals surface area contributed by atoms with Crippen LogP contribution in [0.3, 0.4) is 0 Å². The number of ether oxygens (including phenoxy) is 1. The molecule has 8 heteroatoms. The van der Waals surface area contributed by atoms with E-state index in [0.29, 0.717) is 29.9 Å². The summed E-state index contributed by atoms with van der Waals surface area (Å²) >= 11 is 4.80. The number of aliphatic hydroxyl groups excluding tert-OH is 1. The van der Waals surface area contributed by atoms with E-state index in [9.17, 15) is 9.90 Å². The van der Waals surface area contributed by atoms with Gasteiger partial charge in [-0.2, -0.15) is 16.4 Å². The Morgan fingerprint density at radius 2 is 2.43 bits per heavy atom. The molecule has 0 bridgehead atoms. The summed E-state index contributed by atoms with van der Waals surface area (Å²) in [7, 11) is 1.57. The van der Waals surface area contributed by atoms with Gasteiger partial charge in [-0.05, 0) is 38.3 Å². The zero-order valence-electron chi connectivity index (χ0n) is 11.5. The van der Waals surface area contributed by atoms with E-state index < -0.39 is 6.10 Å². The molecule has 0 aliphatic heterocycles. The number of halogens is 1. The molecule has 2 aromatic heterocycles. The summed E-state index contributed by atoms with van der Waals surface area (Å²) in [5.41, 5.74) is 1.18. The van der Waals surface area contributed by atoms with Gasteiger partial charge in [-0.1, -0.05) is 0 Å². The van der Waals surface area contributed by atoms with Crippen molar-refractivity contribution in [2.75, 3.05) is 25.6 Å². The second kappa shape index (κ2) is 7.69. The highest BCUT2D eigenvalue weighted by atomic mass is 79.9. The molecule has 0 aliphatic carbocycles. The van der Waals surface area contributed by atoms with Gasteiger partial charge in [0, 0.05) is 13.7 Å². The molecule has 0 aromatic carbocycles. The summed E-state index contributed by atoms with van der Waals surface area (Å²) in [6, 6.07) is 1.87. The normalized spacial score (nSPS) is 12.3. The maximum atomic E-state index is 12.1. The van der Waals surface area contributed by atoms with Gasteiger partial charge in [0.15, 0.2) is 0 Å². The van der Waals surface area contributed by atoms with Gasteiger partial charge in [0.25, 0.3) is 5.56 Å². The van der Waals surface area contributed by atoms with Crippen molar-refractivity contribution in [1.82, 2.24) is 9.78 Å². The van der Waals surface area contributed by atoms with Crippen LogP contribution in [0.2, 0.25) is 0 Å². The minimum absolute atomic E-state index is 0.234. The summed E-state index contributed by atoms with van der Waals surface area (Å²) in [6.45, 7) is 1.12. The lowest BCUT2D eigenvalue weighted by molar-refractivity contribution is 0.181. The van der Waals surface area contributed by atoms with Gasteiger partial charge in [0.05, 0.1) is 31.1 Å². The van der Waals surface area contributed by atoms with Crippen LogP contribution in [0.25, 0.3) is 0 Å². The summed E-state index contributed by atoms with van der Waals surface area (Å²) in [6.07, 6.45) is 0.931. The molecule has 6 nitrogen and oxygen atoms in total. The van der Waals surface area contributed by atoms with Crippen LogP contribution in [-0.2, 0) is 11.3 Å². The number of methoxy groups -OCH3 is 1. The fourth-order valence-electron chi connectivity index (χ4n) is 1.71. The van der Waals surface area contributed by atoms with Crippen LogP contribution in [0.1, 0.15) is 11.7 Å². The molecule has 2 N–H and O–H groups in total. The Morgan fingerprint density at radius 1 is 1.62 bits per heavy atom. The van der Waals surface area contributed by atoms with E-state index in [-0.39, 0.29) is 5.56 Å². The van der Waals surface area contributed by atoms with Gasteiger partial charge in [0.2, 0.25) is 0 Å². The van der Waals surface area contributed by atoms with Crippen molar-refractivity contribution >= 4 is 33.0 Å². The molecule has 0 saturated carbocycles. The molecule has 114 valence electrons. The Labute approximate surface area is 134 Å². The molecular formula is C13H16BrN3O3S. The number of hydrogen-bond acceptors (Lipinski definition) is 6. The largest absolute Gasteiger partial charge is 0.387 e. The molecule has 1 unspecified atom stereocenters. The molecule has 0 saturated heterocycles. The lowest BCUT2D eigenvalue weighted by atomic mass is 10.2. The zero-order chi connectivity index (χ0) is 15.2. The van der Waals surface area contributed by atoms with Crippen molar-refractivity contribution in [1.29, 1.82) is 0 Å². The highest BCUT2D eigenvalue weighted by Gasteiger charge is 2.12. The molecule has 2 aromatic rings. The van der Waals surface area contributed by atoms with E-state index in [2.05, 4.69) is 26.3 Å². The van der Waals surface area contributed by atoms with E-state index >= 15 is 0 Å². The predicted molar refractivity (Wildman–Crippen MR) is 85.8 cm³/mol. The third kappa shape index (κ3) is 4.13. The van der Waals surface area contributed by atoms with Crippen molar-refractivity contribution in [3.8, 4) is 0 Å². The van der Waals surface area contributed by atoms with Crippen molar-refractivity contribution in [3.05, 3.63) is 43.4 Å². The quantitative estimate of drug-likeness (QED) is 0.774. The number of nitrogens with one attached hydrogen (secondary N) is 1. The van der Waals surface area contributed by atoms with E-state index in [1.54, 1.807) is 13.3 Å². The average Bonchev–Trinajstić information content (AvgIpc) is 3.02. The number of nitrogens with zero attached hydrogens (tertiary/aromatic N) is 2. The second-order valence-corrected chi connectivity index (χ2v) is 5.92. The van der Waals surface area contributed by atoms with E-state index in [1.807, 2.05) is 16.8 Å². The standard InChI is InChI=1S/C13H16BrN3O3S/c1-20-4-3-17-13(19)12(14)10(6-16-17)15-7-11(18)9-2-5-21-8-9/h2,5-6,8,11,15,18H,3-4,7H2,1H3. The minimum atomic E-state index is -0.626. The second-order valence-electron chi connectivity index (χ2n) is 4.35.